The number of benzene rings is 1. The van der Waals surface area contributed by atoms with Gasteiger partial charge in [0.05, 0.1) is 12.1 Å². The third-order valence-electron chi connectivity index (χ3n) is 4.15. The zero-order valence-electron chi connectivity index (χ0n) is 12.8. The average Bonchev–Trinajstić information content (AvgIpc) is 3.03. The fraction of sp³-hybridized carbons (Fsp3) is 0.444. The first-order valence-electron chi connectivity index (χ1n) is 7.48. The van der Waals surface area contributed by atoms with Gasteiger partial charge in [0, 0.05) is 16.7 Å². The van der Waals surface area contributed by atoms with E-state index in [1.54, 1.807) is 11.3 Å². The summed E-state index contributed by atoms with van der Waals surface area (Å²) in [5, 5.41) is 3.05. The van der Waals surface area contributed by atoms with Gasteiger partial charge >= 0.3 is 0 Å². The lowest BCUT2D eigenvalue weighted by Crippen LogP contribution is -2.17. The minimum atomic E-state index is 0.0569. The number of carbonyl (C=O) groups is 1. The van der Waals surface area contributed by atoms with Gasteiger partial charge in [-0.3, -0.25) is 4.79 Å². The molecule has 0 N–H and O–H groups in total. The molecule has 1 aliphatic rings. The first-order chi connectivity index (χ1) is 9.93. The molecule has 21 heavy (non-hydrogen) atoms. The largest absolute Gasteiger partial charge is 0.299 e. The second kappa shape index (κ2) is 5.38. The van der Waals surface area contributed by atoms with E-state index in [1.165, 1.54) is 11.1 Å². The van der Waals surface area contributed by atoms with E-state index in [0.717, 1.165) is 23.5 Å². The van der Waals surface area contributed by atoms with Crippen molar-refractivity contribution in [1.82, 2.24) is 4.98 Å². The molecule has 0 saturated heterocycles. The van der Waals surface area contributed by atoms with Crippen LogP contribution in [0.3, 0.4) is 0 Å². The van der Waals surface area contributed by atoms with Gasteiger partial charge in [-0.05, 0) is 24.0 Å². The molecular formula is C18H21NOS. The molecule has 1 aromatic carbocycles. The molecule has 1 heterocycles. The van der Waals surface area contributed by atoms with Crippen molar-refractivity contribution in [2.45, 2.75) is 45.4 Å². The number of nitrogens with zero attached hydrogens (tertiary/aromatic N) is 1. The number of Topliss-reactive ketones (excluding diaryl/α,β-unsaturated/α-hetero) is 1. The van der Waals surface area contributed by atoms with E-state index in [0.29, 0.717) is 12.2 Å². The van der Waals surface area contributed by atoms with Gasteiger partial charge in [-0.15, -0.1) is 11.3 Å². The molecular weight excluding hydrogens is 278 g/mol. The van der Waals surface area contributed by atoms with Crippen molar-refractivity contribution in [3.8, 4) is 0 Å². The molecule has 0 saturated carbocycles. The van der Waals surface area contributed by atoms with Crippen molar-refractivity contribution in [3.05, 3.63) is 51.5 Å². The molecule has 1 aromatic heterocycles. The van der Waals surface area contributed by atoms with E-state index in [1.807, 2.05) is 0 Å². The maximum Gasteiger partial charge on any atom is 0.143 e. The number of hydrogen-bond donors (Lipinski definition) is 0. The van der Waals surface area contributed by atoms with Crippen LogP contribution in [0.2, 0.25) is 0 Å². The molecule has 1 aliphatic carbocycles. The van der Waals surface area contributed by atoms with E-state index in [4.69, 9.17) is 0 Å². The molecule has 0 unspecified atom stereocenters. The highest BCUT2D eigenvalue weighted by Gasteiger charge is 2.27. The van der Waals surface area contributed by atoms with Gasteiger partial charge in [-0.2, -0.15) is 0 Å². The lowest BCUT2D eigenvalue weighted by atomic mass is 9.93. The van der Waals surface area contributed by atoms with Crippen molar-refractivity contribution < 1.29 is 4.79 Å². The van der Waals surface area contributed by atoms with Gasteiger partial charge in [0.1, 0.15) is 10.8 Å². The highest BCUT2D eigenvalue weighted by Crippen LogP contribution is 2.29. The molecule has 3 heteroatoms. The van der Waals surface area contributed by atoms with Crippen LogP contribution in [0.15, 0.2) is 29.6 Å². The van der Waals surface area contributed by atoms with Crippen molar-refractivity contribution >= 4 is 17.1 Å². The Hall–Kier alpha value is -1.48. The van der Waals surface area contributed by atoms with Crippen LogP contribution in [0, 0.1) is 5.92 Å². The summed E-state index contributed by atoms with van der Waals surface area (Å²) < 4.78 is 0. The van der Waals surface area contributed by atoms with E-state index in [2.05, 4.69) is 55.4 Å². The van der Waals surface area contributed by atoms with Crippen LogP contribution in [-0.2, 0) is 29.5 Å². The zero-order chi connectivity index (χ0) is 15.0. The van der Waals surface area contributed by atoms with Crippen LogP contribution >= 0.6 is 11.3 Å². The minimum Gasteiger partial charge on any atom is -0.299 e. The maximum atomic E-state index is 12.5. The summed E-state index contributed by atoms with van der Waals surface area (Å²) in [4.78, 5) is 17.1. The monoisotopic (exact) mass is 299 g/mol. The molecule has 0 aliphatic heterocycles. The lowest BCUT2D eigenvalue weighted by Gasteiger charge is -2.14. The summed E-state index contributed by atoms with van der Waals surface area (Å²) in [5.74, 6) is 0.477. The Kier molecular flexibility index (Phi) is 3.70. The van der Waals surface area contributed by atoms with Crippen LogP contribution in [0.1, 0.15) is 42.6 Å². The quantitative estimate of drug-likeness (QED) is 0.858. The number of thiazole rings is 1. The summed E-state index contributed by atoms with van der Waals surface area (Å²) in [7, 11) is 0. The van der Waals surface area contributed by atoms with Gasteiger partial charge in [0.25, 0.3) is 0 Å². The summed E-state index contributed by atoms with van der Waals surface area (Å²) in [6.45, 7) is 6.46. The van der Waals surface area contributed by atoms with Crippen molar-refractivity contribution in [2.75, 3.05) is 0 Å². The Morgan fingerprint density at radius 1 is 1.24 bits per heavy atom. The zero-order valence-corrected chi connectivity index (χ0v) is 13.7. The minimum absolute atomic E-state index is 0.0569. The molecule has 0 fully saturated rings. The summed E-state index contributed by atoms with van der Waals surface area (Å²) in [6, 6.07) is 8.40. The van der Waals surface area contributed by atoms with Gasteiger partial charge in [-0.25, -0.2) is 4.98 Å². The van der Waals surface area contributed by atoms with Crippen LogP contribution in [0.5, 0.6) is 0 Å². The highest BCUT2D eigenvalue weighted by atomic mass is 32.1. The molecule has 0 radical (unpaired) electrons. The standard InChI is InChI=1S/C18H21NOS/c1-18(2,3)16-11-21-17(19-16)10-15(20)14-8-12-6-4-5-7-13(12)9-14/h4-7,11,14H,8-10H2,1-3H3. The third kappa shape index (κ3) is 3.08. The Labute approximate surface area is 130 Å². The Morgan fingerprint density at radius 2 is 1.86 bits per heavy atom. The molecule has 0 amide bonds. The molecule has 110 valence electrons. The number of fused-ring (bicyclic) bond motifs is 1. The number of ketones is 1. The third-order valence-corrected chi connectivity index (χ3v) is 5.00. The average molecular weight is 299 g/mol. The topological polar surface area (TPSA) is 30.0 Å². The normalized spacial score (nSPS) is 15.2. The summed E-state index contributed by atoms with van der Waals surface area (Å²) in [5.41, 5.74) is 3.82. The molecule has 2 aromatic rings. The fourth-order valence-electron chi connectivity index (χ4n) is 2.82. The van der Waals surface area contributed by atoms with E-state index >= 15 is 0 Å². The van der Waals surface area contributed by atoms with Gasteiger partial charge < -0.3 is 0 Å². The SMILES string of the molecule is CC(C)(C)c1csc(CC(=O)C2Cc3ccccc3C2)n1. The Balaban J connectivity index is 1.67. The Bertz CT molecular complexity index is 641. The second-order valence-corrected chi connectivity index (χ2v) is 7.84. The number of hydrogen-bond acceptors (Lipinski definition) is 3. The second-order valence-electron chi connectivity index (χ2n) is 6.89. The first kappa shape index (κ1) is 14.5. The fourth-order valence-corrected chi connectivity index (χ4v) is 3.85. The number of carbonyl (C=O) groups excluding carboxylic acids is 1. The number of rotatable bonds is 3. The Morgan fingerprint density at radius 3 is 2.38 bits per heavy atom. The summed E-state index contributed by atoms with van der Waals surface area (Å²) in [6.07, 6.45) is 2.28. The van der Waals surface area contributed by atoms with E-state index in [9.17, 15) is 4.79 Å². The maximum absolute atomic E-state index is 12.5. The molecule has 0 bridgehead atoms. The van der Waals surface area contributed by atoms with Crippen LogP contribution in [0.4, 0.5) is 0 Å². The van der Waals surface area contributed by atoms with Crippen molar-refractivity contribution in [2.24, 2.45) is 5.92 Å². The van der Waals surface area contributed by atoms with Crippen molar-refractivity contribution in [3.63, 3.8) is 0 Å². The molecule has 0 spiro atoms. The highest BCUT2D eigenvalue weighted by molar-refractivity contribution is 7.09. The lowest BCUT2D eigenvalue weighted by molar-refractivity contribution is -0.121. The first-order valence-corrected chi connectivity index (χ1v) is 8.36. The summed E-state index contributed by atoms with van der Waals surface area (Å²) >= 11 is 1.62. The van der Waals surface area contributed by atoms with Crippen LogP contribution < -0.4 is 0 Å². The van der Waals surface area contributed by atoms with Crippen LogP contribution in [0.25, 0.3) is 0 Å². The van der Waals surface area contributed by atoms with Gasteiger partial charge in [-0.1, -0.05) is 45.0 Å². The molecule has 0 atom stereocenters. The smallest absolute Gasteiger partial charge is 0.143 e. The predicted molar refractivity (Wildman–Crippen MR) is 86.9 cm³/mol. The van der Waals surface area contributed by atoms with Gasteiger partial charge in [0.15, 0.2) is 0 Å². The van der Waals surface area contributed by atoms with Crippen LogP contribution in [-0.4, -0.2) is 10.8 Å². The van der Waals surface area contributed by atoms with E-state index < -0.39 is 0 Å². The molecule has 2 nitrogen and oxygen atoms in total. The van der Waals surface area contributed by atoms with Gasteiger partial charge in [0.2, 0.25) is 0 Å². The predicted octanol–water partition coefficient (Wildman–Crippen LogP) is 3.97. The van der Waals surface area contributed by atoms with E-state index in [-0.39, 0.29) is 11.3 Å². The number of aromatic nitrogens is 1. The molecule has 3 rings (SSSR count). The van der Waals surface area contributed by atoms with Crippen molar-refractivity contribution in [1.29, 1.82) is 0 Å².